The molecular weight excluding hydrogens is 264 g/mol. The molecule has 0 aliphatic heterocycles. The summed E-state index contributed by atoms with van der Waals surface area (Å²) in [5.41, 5.74) is 0. The van der Waals surface area contributed by atoms with Gasteiger partial charge in [-0.1, -0.05) is 13.2 Å². The number of rotatable bonds is 17. The Morgan fingerprint density at radius 1 is 0.450 bits per heavy atom. The monoisotopic (exact) mass is 290 g/mol. The highest BCUT2D eigenvalue weighted by atomic mass is 16.6. The van der Waals surface area contributed by atoms with Crippen molar-refractivity contribution < 1.29 is 28.4 Å². The van der Waals surface area contributed by atoms with E-state index in [1.54, 1.807) is 0 Å². The van der Waals surface area contributed by atoms with Gasteiger partial charge in [-0.2, -0.15) is 0 Å². The summed E-state index contributed by atoms with van der Waals surface area (Å²) in [6.07, 6.45) is 2.79. The molecule has 0 saturated carbocycles. The maximum absolute atomic E-state index is 5.32. The van der Waals surface area contributed by atoms with Gasteiger partial charge in [0.2, 0.25) is 0 Å². The van der Waals surface area contributed by atoms with Crippen molar-refractivity contribution in [2.45, 2.75) is 0 Å². The predicted octanol–water partition coefficient (Wildman–Crippen LogP) is 1.37. The third-order valence-corrected chi connectivity index (χ3v) is 2.04. The molecule has 0 fully saturated rings. The highest BCUT2D eigenvalue weighted by Crippen LogP contribution is 1.84. The van der Waals surface area contributed by atoms with Crippen molar-refractivity contribution >= 4 is 0 Å². The molecule has 0 atom stereocenters. The molecule has 6 nitrogen and oxygen atoms in total. The molecule has 0 bridgehead atoms. The maximum atomic E-state index is 5.32. The van der Waals surface area contributed by atoms with Gasteiger partial charge in [-0.25, -0.2) is 0 Å². The fourth-order valence-electron chi connectivity index (χ4n) is 1.14. The van der Waals surface area contributed by atoms with Crippen LogP contribution in [-0.4, -0.2) is 66.1 Å². The molecule has 0 N–H and O–H groups in total. The van der Waals surface area contributed by atoms with Gasteiger partial charge < -0.3 is 28.4 Å². The van der Waals surface area contributed by atoms with Gasteiger partial charge in [-0.3, -0.25) is 0 Å². The van der Waals surface area contributed by atoms with Crippen molar-refractivity contribution in [1.82, 2.24) is 0 Å². The van der Waals surface area contributed by atoms with Gasteiger partial charge >= 0.3 is 0 Å². The Hall–Kier alpha value is -1.08. The number of hydrogen-bond acceptors (Lipinski definition) is 6. The smallest absolute Gasteiger partial charge is 0.111 e. The lowest BCUT2D eigenvalue weighted by atomic mass is 10.7. The first-order valence-corrected chi connectivity index (χ1v) is 6.67. The molecule has 118 valence electrons. The first-order valence-electron chi connectivity index (χ1n) is 6.67. The molecule has 0 rings (SSSR count). The van der Waals surface area contributed by atoms with Gasteiger partial charge in [0.15, 0.2) is 0 Å². The molecule has 0 radical (unpaired) electrons. The lowest BCUT2D eigenvalue weighted by molar-refractivity contribution is -0.00957. The van der Waals surface area contributed by atoms with Gasteiger partial charge in [-0.15, -0.1) is 0 Å². The van der Waals surface area contributed by atoms with Crippen LogP contribution >= 0.6 is 0 Å². The van der Waals surface area contributed by atoms with E-state index in [2.05, 4.69) is 13.2 Å². The Bertz CT molecular complexity index is 188. The molecule has 0 saturated heterocycles. The van der Waals surface area contributed by atoms with Crippen molar-refractivity contribution in [2.75, 3.05) is 66.1 Å². The predicted molar refractivity (Wildman–Crippen MR) is 75.6 cm³/mol. The van der Waals surface area contributed by atoms with Crippen LogP contribution in [0.1, 0.15) is 0 Å². The van der Waals surface area contributed by atoms with E-state index in [1.165, 1.54) is 12.5 Å². The molecule has 0 unspecified atom stereocenters. The highest BCUT2D eigenvalue weighted by molar-refractivity contribution is 4.48. The third-order valence-electron chi connectivity index (χ3n) is 2.04. The summed E-state index contributed by atoms with van der Waals surface area (Å²) in [7, 11) is 0. The molecule has 0 aromatic rings. The van der Waals surface area contributed by atoms with E-state index in [4.69, 9.17) is 28.4 Å². The Kier molecular flexibility index (Phi) is 17.0. The van der Waals surface area contributed by atoms with Crippen LogP contribution in [0.5, 0.6) is 0 Å². The summed E-state index contributed by atoms with van der Waals surface area (Å²) in [4.78, 5) is 0. The summed E-state index contributed by atoms with van der Waals surface area (Å²) >= 11 is 0. The van der Waals surface area contributed by atoms with E-state index in [-0.39, 0.29) is 0 Å². The molecular formula is C14H26O6. The van der Waals surface area contributed by atoms with E-state index in [9.17, 15) is 0 Å². The molecule has 6 heteroatoms. The molecule has 0 spiro atoms. The second-order valence-corrected chi connectivity index (χ2v) is 3.52. The largest absolute Gasteiger partial charge is 0.499 e. The van der Waals surface area contributed by atoms with Crippen LogP contribution in [0, 0.1) is 0 Å². The van der Waals surface area contributed by atoms with Crippen LogP contribution in [0.2, 0.25) is 0 Å². The minimum absolute atomic E-state index is 0.518. The van der Waals surface area contributed by atoms with Crippen LogP contribution < -0.4 is 0 Å². The zero-order chi connectivity index (χ0) is 14.7. The summed E-state index contributed by atoms with van der Waals surface area (Å²) in [5.74, 6) is 0. The molecule has 0 aliphatic rings. The highest BCUT2D eigenvalue weighted by Gasteiger charge is 1.92. The summed E-state index contributed by atoms with van der Waals surface area (Å²) in [5, 5.41) is 0. The molecule has 0 aromatic heterocycles. The van der Waals surface area contributed by atoms with Crippen LogP contribution in [0.25, 0.3) is 0 Å². The average molecular weight is 290 g/mol. The molecule has 0 aliphatic carbocycles. The third kappa shape index (κ3) is 16.9. The van der Waals surface area contributed by atoms with Crippen molar-refractivity contribution in [1.29, 1.82) is 0 Å². The molecule has 20 heavy (non-hydrogen) atoms. The Labute approximate surface area is 121 Å². The molecule has 0 aromatic carbocycles. The lowest BCUT2D eigenvalue weighted by Gasteiger charge is -2.07. The minimum Gasteiger partial charge on any atom is -0.499 e. The van der Waals surface area contributed by atoms with Crippen molar-refractivity contribution in [3.8, 4) is 0 Å². The van der Waals surface area contributed by atoms with E-state index < -0.39 is 0 Å². The van der Waals surface area contributed by atoms with Gasteiger partial charge in [-0.05, 0) is 0 Å². The van der Waals surface area contributed by atoms with E-state index in [0.29, 0.717) is 66.1 Å². The lowest BCUT2D eigenvalue weighted by Crippen LogP contribution is -2.13. The van der Waals surface area contributed by atoms with Crippen LogP contribution in [0.3, 0.4) is 0 Å². The van der Waals surface area contributed by atoms with E-state index in [0.717, 1.165) is 0 Å². The maximum Gasteiger partial charge on any atom is 0.111 e. The first-order chi connectivity index (χ1) is 9.91. The average Bonchev–Trinajstić information content (AvgIpc) is 2.47. The van der Waals surface area contributed by atoms with Crippen LogP contribution in [-0.2, 0) is 28.4 Å². The van der Waals surface area contributed by atoms with Crippen molar-refractivity contribution in [3.63, 3.8) is 0 Å². The topological polar surface area (TPSA) is 55.4 Å². The van der Waals surface area contributed by atoms with Crippen molar-refractivity contribution in [3.05, 3.63) is 25.7 Å². The fraction of sp³-hybridized carbons (Fsp3) is 0.714. The van der Waals surface area contributed by atoms with Gasteiger partial charge in [0.05, 0.1) is 65.4 Å². The second kappa shape index (κ2) is 17.9. The second-order valence-electron chi connectivity index (χ2n) is 3.52. The van der Waals surface area contributed by atoms with Crippen LogP contribution in [0.4, 0.5) is 0 Å². The number of ether oxygens (including phenoxy) is 6. The van der Waals surface area contributed by atoms with E-state index >= 15 is 0 Å². The zero-order valence-electron chi connectivity index (χ0n) is 12.1. The quantitative estimate of drug-likeness (QED) is 0.298. The summed E-state index contributed by atoms with van der Waals surface area (Å²) in [6.45, 7) is 12.3. The Morgan fingerprint density at radius 3 is 0.950 bits per heavy atom. The Balaban J connectivity index is 2.92. The van der Waals surface area contributed by atoms with E-state index in [1.807, 2.05) is 0 Å². The number of hydrogen-bond donors (Lipinski definition) is 0. The normalized spacial score (nSPS) is 10.2. The van der Waals surface area contributed by atoms with Gasteiger partial charge in [0, 0.05) is 0 Å². The molecule has 0 heterocycles. The van der Waals surface area contributed by atoms with Gasteiger partial charge in [0.1, 0.15) is 13.2 Å². The van der Waals surface area contributed by atoms with Gasteiger partial charge in [0.25, 0.3) is 0 Å². The first kappa shape index (κ1) is 18.9. The minimum atomic E-state index is 0.518. The standard InChI is InChI=1S/C14H26O6/c1-3-15-5-7-17-9-11-19-13-14-20-12-10-18-8-6-16-4-2/h3-4H,1-2,5-14H2. The zero-order valence-corrected chi connectivity index (χ0v) is 12.1. The Morgan fingerprint density at radius 2 is 0.700 bits per heavy atom. The SMILES string of the molecule is C=COCCOCCOCCOCCOCCOC=C. The summed E-state index contributed by atoms with van der Waals surface area (Å²) < 4.78 is 30.9. The van der Waals surface area contributed by atoms with Crippen molar-refractivity contribution in [2.24, 2.45) is 0 Å². The van der Waals surface area contributed by atoms with Crippen LogP contribution in [0.15, 0.2) is 25.7 Å². The fourth-order valence-corrected chi connectivity index (χ4v) is 1.14. The summed E-state index contributed by atoms with van der Waals surface area (Å²) in [6, 6.07) is 0. The molecule has 0 amide bonds.